The fraction of sp³-hybridized carbons (Fsp3) is 0.375. The minimum atomic E-state index is -0.421. The first-order valence-corrected chi connectivity index (χ1v) is 11.6. The molecule has 8 heteroatoms. The Balaban J connectivity index is 1.36. The van der Waals surface area contributed by atoms with Crippen molar-refractivity contribution in [2.45, 2.75) is 25.3 Å². The Morgan fingerprint density at radius 3 is 2.25 bits per heavy atom. The maximum atomic E-state index is 13.2. The molecule has 32 heavy (non-hydrogen) atoms. The summed E-state index contributed by atoms with van der Waals surface area (Å²) in [5, 5.41) is 0.587. The van der Waals surface area contributed by atoms with E-state index in [2.05, 4.69) is 0 Å². The number of carbonyl (C=O) groups excluding carboxylic acids is 3. The van der Waals surface area contributed by atoms with Gasteiger partial charge in [-0.2, -0.15) is 0 Å². The molecular weight excluding hydrogens is 449 g/mol. The molecule has 2 saturated heterocycles. The van der Waals surface area contributed by atoms with Gasteiger partial charge in [-0.1, -0.05) is 59.6 Å². The Hall–Kier alpha value is -2.57. The molecule has 2 fully saturated rings. The maximum absolute atomic E-state index is 13.2. The summed E-state index contributed by atoms with van der Waals surface area (Å²) in [5.74, 6) is -0.238. The highest BCUT2D eigenvalue weighted by Crippen LogP contribution is 2.27. The Bertz CT molecular complexity index is 1010. The minimum absolute atomic E-state index is 0.0172. The number of hydrogen-bond donors (Lipinski definition) is 0. The molecule has 2 aliphatic rings. The third-order valence-corrected chi connectivity index (χ3v) is 6.94. The third kappa shape index (κ3) is 4.76. The number of likely N-dealkylation sites (tertiary alicyclic amines) is 1. The summed E-state index contributed by atoms with van der Waals surface area (Å²) in [7, 11) is 0. The predicted octanol–water partition coefficient (Wildman–Crippen LogP) is 3.51. The maximum Gasteiger partial charge on any atom is 0.255 e. The lowest BCUT2D eigenvalue weighted by Gasteiger charge is -2.37. The highest BCUT2D eigenvalue weighted by atomic mass is 35.5. The van der Waals surface area contributed by atoms with Crippen LogP contribution in [0.15, 0.2) is 48.5 Å². The summed E-state index contributed by atoms with van der Waals surface area (Å²) in [5.41, 5.74) is 1.31. The molecular formula is C24H25Cl2N3O3. The van der Waals surface area contributed by atoms with Crippen LogP contribution in [0.3, 0.4) is 0 Å². The van der Waals surface area contributed by atoms with Crippen LogP contribution in [0.2, 0.25) is 10.0 Å². The zero-order valence-electron chi connectivity index (χ0n) is 17.7. The molecule has 0 N–H and O–H groups in total. The van der Waals surface area contributed by atoms with Crippen molar-refractivity contribution in [1.29, 1.82) is 0 Å². The summed E-state index contributed by atoms with van der Waals surface area (Å²) in [4.78, 5) is 44.1. The van der Waals surface area contributed by atoms with Gasteiger partial charge in [-0.3, -0.25) is 14.4 Å². The van der Waals surface area contributed by atoms with Crippen LogP contribution in [-0.2, 0) is 16.0 Å². The molecule has 0 spiro atoms. The quantitative estimate of drug-likeness (QED) is 0.682. The highest BCUT2D eigenvalue weighted by Gasteiger charge is 2.37. The number of piperazine rings is 1. The molecule has 4 rings (SSSR count). The Morgan fingerprint density at radius 1 is 0.844 bits per heavy atom. The van der Waals surface area contributed by atoms with E-state index in [0.717, 1.165) is 12.0 Å². The molecule has 2 aromatic carbocycles. The lowest BCUT2D eigenvalue weighted by atomic mass is 10.1. The molecule has 0 aromatic heterocycles. The largest absolute Gasteiger partial charge is 0.337 e. The van der Waals surface area contributed by atoms with Gasteiger partial charge in [0.05, 0.1) is 22.0 Å². The molecule has 3 amide bonds. The second-order valence-electron chi connectivity index (χ2n) is 8.13. The van der Waals surface area contributed by atoms with E-state index >= 15 is 0 Å². The van der Waals surface area contributed by atoms with E-state index in [1.807, 2.05) is 30.3 Å². The van der Waals surface area contributed by atoms with Gasteiger partial charge in [0, 0.05) is 32.7 Å². The summed E-state index contributed by atoms with van der Waals surface area (Å²) in [6, 6.07) is 14.2. The van der Waals surface area contributed by atoms with Crippen LogP contribution >= 0.6 is 23.2 Å². The van der Waals surface area contributed by atoms with Crippen molar-refractivity contribution in [2.75, 3.05) is 32.7 Å². The van der Waals surface area contributed by atoms with Crippen molar-refractivity contribution >= 4 is 40.9 Å². The zero-order valence-corrected chi connectivity index (χ0v) is 19.2. The first kappa shape index (κ1) is 22.6. The van der Waals surface area contributed by atoms with Crippen LogP contribution < -0.4 is 0 Å². The first-order chi connectivity index (χ1) is 15.5. The molecule has 0 saturated carbocycles. The topological polar surface area (TPSA) is 60.9 Å². The van der Waals surface area contributed by atoms with E-state index in [9.17, 15) is 14.4 Å². The standard InChI is InChI=1S/C24H25Cl2N3O3/c25-19-9-4-8-18(22(19)26)23(31)27-12-14-28(15-13-27)24(32)20-10-5-11-29(20)21(30)16-17-6-2-1-3-7-17/h1-4,6-9,20H,5,10-16H2. The van der Waals surface area contributed by atoms with Gasteiger partial charge in [-0.05, 0) is 30.5 Å². The van der Waals surface area contributed by atoms with Crippen LogP contribution in [0.5, 0.6) is 0 Å². The minimum Gasteiger partial charge on any atom is -0.337 e. The van der Waals surface area contributed by atoms with Crippen LogP contribution in [-0.4, -0.2) is 71.2 Å². The molecule has 2 aliphatic heterocycles. The smallest absolute Gasteiger partial charge is 0.255 e. The van der Waals surface area contributed by atoms with Crippen LogP contribution in [0.4, 0.5) is 0 Å². The van der Waals surface area contributed by atoms with E-state index in [0.29, 0.717) is 56.2 Å². The van der Waals surface area contributed by atoms with Gasteiger partial charge < -0.3 is 14.7 Å². The first-order valence-electron chi connectivity index (χ1n) is 10.8. The normalized spacial score (nSPS) is 18.7. The van der Waals surface area contributed by atoms with E-state index in [-0.39, 0.29) is 22.7 Å². The number of carbonyl (C=O) groups is 3. The molecule has 2 aromatic rings. The summed E-state index contributed by atoms with van der Waals surface area (Å²) in [6.07, 6.45) is 1.80. The third-order valence-electron chi connectivity index (χ3n) is 6.12. The lowest BCUT2D eigenvalue weighted by molar-refractivity contribution is -0.144. The Kier molecular flexibility index (Phi) is 7.01. The van der Waals surface area contributed by atoms with Gasteiger partial charge >= 0.3 is 0 Å². The molecule has 1 atom stereocenters. The molecule has 0 radical (unpaired) electrons. The molecule has 2 heterocycles. The Morgan fingerprint density at radius 2 is 1.53 bits per heavy atom. The van der Waals surface area contributed by atoms with E-state index in [1.54, 1.807) is 32.9 Å². The highest BCUT2D eigenvalue weighted by molar-refractivity contribution is 6.43. The summed E-state index contributed by atoms with van der Waals surface area (Å²) < 4.78 is 0. The van der Waals surface area contributed by atoms with Gasteiger partial charge in [0.2, 0.25) is 11.8 Å². The predicted molar refractivity (Wildman–Crippen MR) is 124 cm³/mol. The van der Waals surface area contributed by atoms with E-state index < -0.39 is 6.04 Å². The fourth-order valence-electron chi connectivity index (χ4n) is 4.37. The Labute approximate surface area is 197 Å². The van der Waals surface area contributed by atoms with Crippen molar-refractivity contribution < 1.29 is 14.4 Å². The molecule has 0 bridgehead atoms. The average Bonchev–Trinajstić information content (AvgIpc) is 3.31. The average molecular weight is 474 g/mol. The van der Waals surface area contributed by atoms with Gasteiger partial charge in [0.15, 0.2) is 0 Å². The SMILES string of the molecule is O=C(c1cccc(Cl)c1Cl)N1CCN(C(=O)C2CCCN2C(=O)Cc2ccccc2)CC1. The van der Waals surface area contributed by atoms with Crippen LogP contribution in [0.1, 0.15) is 28.8 Å². The second-order valence-corrected chi connectivity index (χ2v) is 8.91. The number of hydrogen-bond acceptors (Lipinski definition) is 3. The number of rotatable bonds is 4. The summed E-state index contributed by atoms with van der Waals surface area (Å²) in [6.45, 7) is 2.30. The molecule has 0 aliphatic carbocycles. The number of halogens is 2. The monoisotopic (exact) mass is 473 g/mol. The van der Waals surface area contributed by atoms with Crippen molar-refractivity contribution in [2.24, 2.45) is 0 Å². The zero-order chi connectivity index (χ0) is 22.7. The van der Waals surface area contributed by atoms with Gasteiger partial charge in [-0.15, -0.1) is 0 Å². The van der Waals surface area contributed by atoms with Gasteiger partial charge in [0.25, 0.3) is 5.91 Å². The van der Waals surface area contributed by atoms with Crippen molar-refractivity contribution in [3.63, 3.8) is 0 Å². The molecule has 6 nitrogen and oxygen atoms in total. The number of amides is 3. The van der Waals surface area contributed by atoms with Gasteiger partial charge in [0.1, 0.15) is 6.04 Å². The van der Waals surface area contributed by atoms with Crippen molar-refractivity contribution in [1.82, 2.24) is 14.7 Å². The second kappa shape index (κ2) is 9.92. The van der Waals surface area contributed by atoms with E-state index in [1.165, 1.54) is 0 Å². The van der Waals surface area contributed by atoms with Gasteiger partial charge in [-0.25, -0.2) is 0 Å². The molecule has 168 valence electrons. The van der Waals surface area contributed by atoms with Crippen LogP contribution in [0.25, 0.3) is 0 Å². The van der Waals surface area contributed by atoms with E-state index in [4.69, 9.17) is 23.2 Å². The molecule has 1 unspecified atom stereocenters. The van der Waals surface area contributed by atoms with Crippen LogP contribution in [0, 0.1) is 0 Å². The summed E-state index contributed by atoms with van der Waals surface area (Å²) >= 11 is 12.2. The lowest BCUT2D eigenvalue weighted by Crippen LogP contribution is -2.55. The van der Waals surface area contributed by atoms with Crippen molar-refractivity contribution in [3.8, 4) is 0 Å². The number of nitrogens with zero attached hydrogens (tertiary/aromatic N) is 3. The fourth-order valence-corrected chi connectivity index (χ4v) is 4.76. The van der Waals surface area contributed by atoms with Crippen molar-refractivity contribution in [3.05, 3.63) is 69.7 Å². The number of benzene rings is 2.